The molecule has 0 atom stereocenters. The first-order valence-corrected chi connectivity index (χ1v) is 5.60. The van der Waals surface area contributed by atoms with Crippen molar-refractivity contribution in [2.75, 3.05) is 6.54 Å². The summed E-state index contributed by atoms with van der Waals surface area (Å²) in [6, 6.07) is 0. The highest BCUT2D eigenvalue weighted by atomic mass is 15.3. The third-order valence-electron chi connectivity index (χ3n) is 2.73. The first kappa shape index (κ1) is 9.71. The van der Waals surface area contributed by atoms with E-state index < -0.39 is 0 Å². The largest absolute Gasteiger partial charge is 0.313 e. The fourth-order valence-electron chi connectivity index (χ4n) is 1.61. The van der Waals surface area contributed by atoms with Crippen LogP contribution in [0.2, 0.25) is 0 Å². The van der Waals surface area contributed by atoms with Gasteiger partial charge in [-0.1, -0.05) is 19.8 Å². The van der Waals surface area contributed by atoms with Crippen LogP contribution >= 0.6 is 0 Å². The first-order chi connectivity index (χ1) is 6.88. The topological polar surface area (TPSA) is 29.9 Å². The Labute approximate surface area is 85.5 Å². The fourth-order valence-corrected chi connectivity index (χ4v) is 1.61. The van der Waals surface area contributed by atoms with Crippen LogP contribution in [0.1, 0.15) is 31.7 Å². The van der Waals surface area contributed by atoms with Crippen molar-refractivity contribution in [1.82, 2.24) is 15.1 Å². The molecule has 78 valence electrons. The predicted octanol–water partition coefficient (Wildman–Crippen LogP) is 1.79. The molecule has 0 spiro atoms. The second-order valence-corrected chi connectivity index (χ2v) is 4.12. The van der Waals surface area contributed by atoms with Crippen molar-refractivity contribution in [3.8, 4) is 0 Å². The SMILES string of the molecule is CCNCc1cnn(CCC2CC2)c1. The van der Waals surface area contributed by atoms with Crippen LogP contribution in [0.3, 0.4) is 0 Å². The van der Waals surface area contributed by atoms with Gasteiger partial charge in [0, 0.05) is 24.8 Å². The third-order valence-corrected chi connectivity index (χ3v) is 2.73. The van der Waals surface area contributed by atoms with Gasteiger partial charge in [0.2, 0.25) is 0 Å². The van der Waals surface area contributed by atoms with Gasteiger partial charge in [0.15, 0.2) is 0 Å². The van der Waals surface area contributed by atoms with Crippen LogP contribution in [0, 0.1) is 5.92 Å². The second-order valence-electron chi connectivity index (χ2n) is 4.12. The molecule has 3 heteroatoms. The van der Waals surface area contributed by atoms with Gasteiger partial charge in [-0.25, -0.2) is 0 Å². The van der Waals surface area contributed by atoms with E-state index in [0.717, 1.165) is 25.6 Å². The molecular weight excluding hydrogens is 174 g/mol. The molecule has 1 fully saturated rings. The second kappa shape index (κ2) is 4.60. The summed E-state index contributed by atoms with van der Waals surface area (Å²) in [5.74, 6) is 0.997. The maximum atomic E-state index is 4.35. The summed E-state index contributed by atoms with van der Waals surface area (Å²) in [6.45, 7) is 5.18. The van der Waals surface area contributed by atoms with E-state index in [9.17, 15) is 0 Å². The van der Waals surface area contributed by atoms with E-state index in [1.54, 1.807) is 0 Å². The van der Waals surface area contributed by atoms with E-state index >= 15 is 0 Å². The summed E-state index contributed by atoms with van der Waals surface area (Å²) < 4.78 is 2.07. The van der Waals surface area contributed by atoms with Crippen molar-refractivity contribution in [2.45, 2.75) is 39.3 Å². The summed E-state index contributed by atoms with van der Waals surface area (Å²) in [4.78, 5) is 0. The number of aryl methyl sites for hydroxylation is 1. The van der Waals surface area contributed by atoms with Gasteiger partial charge in [-0.3, -0.25) is 4.68 Å². The summed E-state index contributed by atoms with van der Waals surface area (Å²) in [7, 11) is 0. The predicted molar refractivity (Wildman–Crippen MR) is 56.9 cm³/mol. The molecule has 3 nitrogen and oxygen atoms in total. The minimum atomic E-state index is 0.944. The molecule has 2 rings (SSSR count). The average Bonchev–Trinajstić information content (AvgIpc) is 2.92. The maximum Gasteiger partial charge on any atom is 0.0534 e. The van der Waals surface area contributed by atoms with Crippen molar-refractivity contribution in [3.05, 3.63) is 18.0 Å². The highest BCUT2D eigenvalue weighted by molar-refractivity contribution is 5.03. The number of rotatable bonds is 6. The Balaban J connectivity index is 1.76. The Morgan fingerprint density at radius 2 is 2.43 bits per heavy atom. The van der Waals surface area contributed by atoms with Gasteiger partial charge in [0.05, 0.1) is 6.20 Å². The lowest BCUT2D eigenvalue weighted by Crippen LogP contribution is -2.11. The fraction of sp³-hybridized carbons (Fsp3) is 0.727. The molecule has 1 aromatic rings. The van der Waals surface area contributed by atoms with Crippen molar-refractivity contribution in [2.24, 2.45) is 5.92 Å². The van der Waals surface area contributed by atoms with Crippen LogP contribution in [0.25, 0.3) is 0 Å². The molecule has 0 aromatic carbocycles. The number of nitrogens with one attached hydrogen (secondary N) is 1. The van der Waals surface area contributed by atoms with Crippen molar-refractivity contribution in [1.29, 1.82) is 0 Å². The molecule has 0 aliphatic heterocycles. The normalized spacial score (nSPS) is 16.1. The van der Waals surface area contributed by atoms with Crippen molar-refractivity contribution < 1.29 is 0 Å². The van der Waals surface area contributed by atoms with Gasteiger partial charge in [-0.2, -0.15) is 5.10 Å². The summed E-state index contributed by atoms with van der Waals surface area (Å²) in [6.07, 6.45) is 8.31. The van der Waals surface area contributed by atoms with E-state index in [1.807, 2.05) is 6.20 Å². The lowest BCUT2D eigenvalue weighted by Gasteiger charge is -1.99. The van der Waals surface area contributed by atoms with Gasteiger partial charge < -0.3 is 5.32 Å². The Hall–Kier alpha value is -0.830. The minimum Gasteiger partial charge on any atom is -0.313 e. The van der Waals surface area contributed by atoms with E-state index in [0.29, 0.717) is 0 Å². The number of nitrogens with zero attached hydrogens (tertiary/aromatic N) is 2. The third kappa shape index (κ3) is 2.84. The quantitative estimate of drug-likeness (QED) is 0.746. The van der Waals surface area contributed by atoms with Gasteiger partial charge >= 0.3 is 0 Å². The molecule has 1 saturated carbocycles. The molecule has 0 bridgehead atoms. The zero-order chi connectivity index (χ0) is 9.80. The number of hydrogen-bond donors (Lipinski definition) is 1. The molecular formula is C11H19N3. The standard InChI is InChI=1S/C11H19N3/c1-2-12-7-11-8-13-14(9-11)6-5-10-3-4-10/h8-10,12H,2-7H2,1H3. The number of aromatic nitrogens is 2. The first-order valence-electron chi connectivity index (χ1n) is 5.60. The van der Waals surface area contributed by atoms with Crippen molar-refractivity contribution in [3.63, 3.8) is 0 Å². The van der Waals surface area contributed by atoms with Crippen LogP contribution in [-0.2, 0) is 13.1 Å². The van der Waals surface area contributed by atoms with Gasteiger partial charge in [-0.05, 0) is 18.9 Å². The van der Waals surface area contributed by atoms with Crippen LogP contribution in [-0.4, -0.2) is 16.3 Å². The zero-order valence-corrected chi connectivity index (χ0v) is 8.87. The van der Waals surface area contributed by atoms with Crippen molar-refractivity contribution >= 4 is 0 Å². The molecule has 14 heavy (non-hydrogen) atoms. The highest BCUT2D eigenvalue weighted by Crippen LogP contribution is 2.32. The van der Waals surface area contributed by atoms with Gasteiger partial charge in [0.25, 0.3) is 0 Å². The monoisotopic (exact) mass is 193 g/mol. The lowest BCUT2D eigenvalue weighted by molar-refractivity contribution is 0.546. The Kier molecular flexibility index (Phi) is 3.19. The zero-order valence-electron chi connectivity index (χ0n) is 8.87. The molecule has 0 saturated heterocycles. The Morgan fingerprint density at radius 3 is 3.14 bits per heavy atom. The Bertz CT molecular complexity index is 276. The maximum absolute atomic E-state index is 4.35. The summed E-state index contributed by atoms with van der Waals surface area (Å²) in [5.41, 5.74) is 1.29. The van der Waals surface area contributed by atoms with Gasteiger partial charge in [-0.15, -0.1) is 0 Å². The average molecular weight is 193 g/mol. The lowest BCUT2D eigenvalue weighted by atomic mass is 10.3. The van der Waals surface area contributed by atoms with E-state index in [4.69, 9.17) is 0 Å². The Morgan fingerprint density at radius 1 is 1.57 bits per heavy atom. The van der Waals surface area contributed by atoms with Crippen LogP contribution in [0.15, 0.2) is 12.4 Å². The summed E-state index contributed by atoms with van der Waals surface area (Å²) in [5, 5.41) is 7.65. The highest BCUT2D eigenvalue weighted by Gasteiger charge is 2.20. The molecule has 1 aliphatic carbocycles. The van der Waals surface area contributed by atoms with E-state index in [2.05, 4.69) is 28.2 Å². The molecule has 1 N–H and O–H groups in total. The molecule has 0 amide bonds. The number of hydrogen-bond acceptors (Lipinski definition) is 2. The molecule has 0 radical (unpaired) electrons. The van der Waals surface area contributed by atoms with Crippen LogP contribution < -0.4 is 5.32 Å². The van der Waals surface area contributed by atoms with E-state index in [-0.39, 0.29) is 0 Å². The van der Waals surface area contributed by atoms with E-state index in [1.165, 1.54) is 24.8 Å². The smallest absolute Gasteiger partial charge is 0.0534 e. The van der Waals surface area contributed by atoms with Gasteiger partial charge in [0.1, 0.15) is 0 Å². The molecule has 0 unspecified atom stereocenters. The molecule has 1 heterocycles. The molecule has 1 aromatic heterocycles. The minimum absolute atomic E-state index is 0.944. The summed E-state index contributed by atoms with van der Waals surface area (Å²) >= 11 is 0. The molecule has 1 aliphatic rings. The van der Waals surface area contributed by atoms with Crippen LogP contribution in [0.4, 0.5) is 0 Å². The van der Waals surface area contributed by atoms with Crippen LogP contribution in [0.5, 0.6) is 0 Å².